The van der Waals surface area contributed by atoms with Crippen molar-refractivity contribution in [2.75, 3.05) is 13.2 Å². The third-order valence-corrected chi connectivity index (χ3v) is 1.94. The first kappa shape index (κ1) is 9.84. The van der Waals surface area contributed by atoms with Gasteiger partial charge in [-0.15, -0.1) is 0 Å². The van der Waals surface area contributed by atoms with Crippen molar-refractivity contribution in [3.05, 3.63) is 24.4 Å². The van der Waals surface area contributed by atoms with Gasteiger partial charge in [0.25, 0.3) is 0 Å². The Kier molecular flexibility index (Phi) is 3.55. The van der Waals surface area contributed by atoms with Gasteiger partial charge in [-0.1, -0.05) is 12.7 Å². The molecule has 3 nitrogen and oxygen atoms in total. The van der Waals surface area contributed by atoms with Crippen molar-refractivity contribution in [2.45, 2.75) is 13.3 Å². The first-order chi connectivity index (χ1) is 6.20. The Bertz CT molecular complexity index is 233. The van der Waals surface area contributed by atoms with Crippen LogP contribution < -0.4 is 5.32 Å². The molecule has 1 aliphatic rings. The normalized spacial score (nSPS) is 19.6. The molecule has 0 spiro atoms. The molecule has 1 unspecified atom stereocenters. The molecule has 72 valence electrons. The van der Waals surface area contributed by atoms with E-state index in [-0.39, 0.29) is 5.97 Å². The Balaban J connectivity index is 2.10. The molecule has 1 N–H and O–H groups in total. The fourth-order valence-electron chi connectivity index (χ4n) is 1.12. The van der Waals surface area contributed by atoms with Crippen LogP contribution in [0, 0.1) is 5.92 Å². The highest BCUT2D eigenvalue weighted by Gasteiger charge is 2.09. The molecule has 1 rings (SSSR count). The molecule has 0 aromatic carbocycles. The molecule has 3 heteroatoms. The van der Waals surface area contributed by atoms with Gasteiger partial charge in [-0.3, -0.25) is 0 Å². The van der Waals surface area contributed by atoms with E-state index < -0.39 is 0 Å². The number of carbonyl (C=O) groups excluding carboxylic acids is 1. The van der Waals surface area contributed by atoms with E-state index in [9.17, 15) is 4.79 Å². The van der Waals surface area contributed by atoms with E-state index in [4.69, 9.17) is 4.74 Å². The summed E-state index contributed by atoms with van der Waals surface area (Å²) in [6.45, 7) is 6.58. The van der Waals surface area contributed by atoms with Gasteiger partial charge in [-0.05, 0) is 25.5 Å². The van der Waals surface area contributed by atoms with Crippen LogP contribution in [0.15, 0.2) is 24.4 Å². The highest BCUT2D eigenvalue weighted by Crippen LogP contribution is 2.08. The molecule has 0 saturated carbocycles. The molecule has 0 fully saturated rings. The zero-order chi connectivity index (χ0) is 9.68. The first-order valence-corrected chi connectivity index (χ1v) is 4.43. The van der Waals surface area contributed by atoms with E-state index in [2.05, 4.69) is 18.0 Å². The van der Waals surface area contributed by atoms with E-state index >= 15 is 0 Å². The number of hydrogen-bond acceptors (Lipinski definition) is 3. The number of carbonyl (C=O) groups is 1. The van der Waals surface area contributed by atoms with Crippen molar-refractivity contribution in [1.29, 1.82) is 0 Å². The Morgan fingerprint density at radius 2 is 2.54 bits per heavy atom. The summed E-state index contributed by atoms with van der Waals surface area (Å²) in [5.74, 6) is 0.202. The summed E-state index contributed by atoms with van der Waals surface area (Å²) in [5, 5.41) is 3.09. The van der Waals surface area contributed by atoms with Crippen molar-refractivity contribution < 1.29 is 9.53 Å². The van der Waals surface area contributed by atoms with Gasteiger partial charge in [0.15, 0.2) is 0 Å². The van der Waals surface area contributed by atoms with Crippen LogP contribution in [0.2, 0.25) is 0 Å². The number of ether oxygens (including phenoxy) is 1. The van der Waals surface area contributed by atoms with Gasteiger partial charge < -0.3 is 10.1 Å². The second kappa shape index (κ2) is 4.70. The minimum atomic E-state index is -0.296. The average molecular weight is 181 g/mol. The van der Waals surface area contributed by atoms with Gasteiger partial charge in [0.2, 0.25) is 0 Å². The van der Waals surface area contributed by atoms with E-state index in [0.29, 0.717) is 18.1 Å². The monoisotopic (exact) mass is 181 g/mol. The SMILES string of the molecule is C=C(C)C(=O)OCCC1C=CNC1. The predicted octanol–water partition coefficient (Wildman–Crippen LogP) is 1.23. The lowest BCUT2D eigenvalue weighted by Gasteiger charge is -2.07. The van der Waals surface area contributed by atoms with Crippen LogP contribution >= 0.6 is 0 Å². The van der Waals surface area contributed by atoms with Gasteiger partial charge in [0, 0.05) is 12.1 Å². The smallest absolute Gasteiger partial charge is 0.333 e. The quantitative estimate of drug-likeness (QED) is 0.523. The molecule has 1 aliphatic heterocycles. The minimum absolute atomic E-state index is 0.296. The molecule has 1 heterocycles. The van der Waals surface area contributed by atoms with Crippen LogP contribution in [0.1, 0.15) is 13.3 Å². The Morgan fingerprint density at radius 3 is 3.08 bits per heavy atom. The third-order valence-electron chi connectivity index (χ3n) is 1.94. The van der Waals surface area contributed by atoms with E-state index in [1.54, 1.807) is 6.92 Å². The second-order valence-electron chi connectivity index (χ2n) is 3.23. The summed E-state index contributed by atoms with van der Waals surface area (Å²) in [6.07, 6.45) is 4.91. The molecule has 1 atom stereocenters. The van der Waals surface area contributed by atoms with Crippen molar-refractivity contribution >= 4 is 5.97 Å². The van der Waals surface area contributed by atoms with Gasteiger partial charge in [0.1, 0.15) is 0 Å². The lowest BCUT2D eigenvalue weighted by Crippen LogP contribution is -2.13. The summed E-state index contributed by atoms with van der Waals surface area (Å²) < 4.78 is 4.97. The lowest BCUT2D eigenvalue weighted by atomic mass is 10.1. The molecular formula is C10H15NO2. The van der Waals surface area contributed by atoms with Gasteiger partial charge in [-0.25, -0.2) is 4.79 Å². The largest absolute Gasteiger partial charge is 0.462 e. The van der Waals surface area contributed by atoms with Crippen LogP contribution in [-0.4, -0.2) is 19.1 Å². The predicted molar refractivity (Wildman–Crippen MR) is 51.0 cm³/mol. The Labute approximate surface area is 78.5 Å². The number of esters is 1. The van der Waals surface area contributed by atoms with E-state index in [1.165, 1.54) is 0 Å². The lowest BCUT2D eigenvalue weighted by molar-refractivity contribution is -0.139. The second-order valence-corrected chi connectivity index (χ2v) is 3.23. The van der Waals surface area contributed by atoms with Crippen LogP contribution in [0.3, 0.4) is 0 Å². The maximum atomic E-state index is 11.0. The maximum absolute atomic E-state index is 11.0. The summed E-state index contributed by atoms with van der Waals surface area (Å²) >= 11 is 0. The van der Waals surface area contributed by atoms with Crippen LogP contribution in [-0.2, 0) is 9.53 Å². The minimum Gasteiger partial charge on any atom is -0.462 e. The van der Waals surface area contributed by atoms with Crippen molar-refractivity contribution in [3.8, 4) is 0 Å². The fourth-order valence-corrected chi connectivity index (χ4v) is 1.12. The van der Waals surface area contributed by atoms with Gasteiger partial charge >= 0.3 is 5.97 Å². The highest BCUT2D eigenvalue weighted by molar-refractivity contribution is 5.86. The van der Waals surface area contributed by atoms with Gasteiger partial charge in [0.05, 0.1) is 6.61 Å². The standard InChI is InChI=1S/C10H15NO2/c1-8(2)10(12)13-6-4-9-3-5-11-7-9/h3,5,9,11H,1,4,6-7H2,2H3. The Hall–Kier alpha value is -1.25. The zero-order valence-corrected chi connectivity index (χ0v) is 7.88. The van der Waals surface area contributed by atoms with Crippen LogP contribution in [0.25, 0.3) is 0 Å². The number of hydrogen-bond donors (Lipinski definition) is 1. The van der Waals surface area contributed by atoms with Crippen LogP contribution in [0.4, 0.5) is 0 Å². The van der Waals surface area contributed by atoms with E-state index in [1.807, 2.05) is 6.20 Å². The number of nitrogens with one attached hydrogen (secondary N) is 1. The van der Waals surface area contributed by atoms with Crippen LogP contribution in [0.5, 0.6) is 0 Å². The molecule has 0 radical (unpaired) electrons. The van der Waals surface area contributed by atoms with Crippen molar-refractivity contribution in [3.63, 3.8) is 0 Å². The van der Waals surface area contributed by atoms with Gasteiger partial charge in [-0.2, -0.15) is 0 Å². The maximum Gasteiger partial charge on any atom is 0.333 e. The fraction of sp³-hybridized carbons (Fsp3) is 0.500. The molecule has 0 amide bonds. The molecule has 0 aromatic rings. The molecule has 0 aliphatic carbocycles. The van der Waals surface area contributed by atoms with Crippen molar-refractivity contribution in [1.82, 2.24) is 5.32 Å². The topological polar surface area (TPSA) is 38.3 Å². The van der Waals surface area contributed by atoms with E-state index in [0.717, 1.165) is 13.0 Å². The zero-order valence-electron chi connectivity index (χ0n) is 7.88. The molecule has 0 saturated heterocycles. The average Bonchev–Trinajstić information content (AvgIpc) is 2.56. The summed E-state index contributed by atoms with van der Waals surface area (Å²) in [5.41, 5.74) is 0.458. The molecule has 13 heavy (non-hydrogen) atoms. The Morgan fingerprint density at radius 1 is 1.77 bits per heavy atom. The summed E-state index contributed by atoms with van der Waals surface area (Å²) in [7, 11) is 0. The summed E-state index contributed by atoms with van der Waals surface area (Å²) in [6, 6.07) is 0. The van der Waals surface area contributed by atoms with Crippen molar-refractivity contribution in [2.24, 2.45) is 5.92 Å². The third kappa shape index (κ3) is 3.32. The number of rotatable bonds is 4. The first-order valence-electron chi connectivity index (χ1n) is 4.43. The highest BCUT2D eigenvalue weighted by atomic mass is 16.5. The molecule has 0 aromatic heterocycles. The summed E-state index contributed by atoms with van der Waals surface area (Å²) in [4.78, 5) is 11.0. The molecule has 0 bridgehead atoms. The molecular weight excluding hydrogens is 166 g/mol.